The van der Waals surface area contributed by atoms with Crippen molar-refractivity contribution in [3.05, 3.63) is 64.2 Å². The van der Waals surface area contributed by atoms with E-state index in [4.69, 9.17) is 16.3 Å². The Labute approximate surface area is 198 Å². The molecule has 3 aliphatic heterocycles. The van der Waals surface area contributed by atoms with Crippen molar-refractivity contribution in [1.82, 2.24) is 9.80 Å². The number of likely N-dealkylation sites (tertiary alicyclic amines) is 2. The molecule has 0 radical (unpaired) electrons. The van der Waals surface area contributed by atoms with Crippen molar-refractivity contribution in [3.8, 4) is 5.75 Å². The molecule has 7 heteroatoms. The minimum Gasteiger partial charge on any atom is -0.486 e. The van der Waals surface area contributed by atoms with Crippen molar-refractivity contribution in [1.29, 1.82) is 0 Å². The first-order valence-corrected chi connectivity index (χ1v) is 11.8. The third kappa shape index (κ3) is 4.24. The lowest BCUT2D eigenvalue weighted by atomic mass is 9.82. The van der Waals surface area contributed by atoms with Gasteiger partial charge in [-0.3, -0.25) is 14.4 Å². The van der Waals surface area contributed by atoms with Gasteiger partial charge in [-0.25, -0.2) is 0 Å². The molecule has 1 spiro atoms. The third-order valence-corrected chi connectivity index (χ3v) is 7.54. The summed E-state index contributed by atoms with van der Waals surface area (Å²) >= 11 is 6.19. The Bertz CT molecular complexity index is 1110. The van der Waals surface area contributed by atoms with E-state index in [1.165, 1.54) is 0 Å². The number of carbonyl (C=O) groups excluding carboxylic acids is 3. The molecule has 0 bridgehead atoms. The van der Waals surface area contributed by atoms with E-state index in [1.54, 1.807) is 11.0 Å². The zero-order valence-corrected chi connectivity index (χ0v) is 19.4. The number of ether oxygens (including phenoxy) is 1. The maximum Gasteiger partial charge on any atom is 0.227 e. The summed E-state index contributed by atoms with van der Waals surface area (Å²) in [6.45, 7) is 3.93. The number of piperidine rings is 1. The van der Waals surface area contributed by atoms with Crippen LogP contribution in [0.2, 0.25) is 5.02 Å². The van der Waals surface area contributed by atoms with Gasteiger partial charge in [-0.15, -0.1) is 0 Å². The molecule has 2 fully saturated rings. The van der Waals surface area contributed by atoms with Crippen LogP contribution in [0, 0.1) is 12.8 Å². The normalized spacial score (nSPS) is 21.8. The highest BCUT2D eigenvalue weighted by molar-refractivity contribution is 6.31. The first kappa shape index (κ1) is 22.0. The smallest absolute Gasteiger partial charge is 0.227 e. The monoisotopic (exact) mass is 466 g/mol. The van der Waals surface area contributed by atoms with Crippen LogP contribution in [0.3, 0.4) is 0 Å². The molecule has 3 aliphatic rings. The second-order valence-electron chi connectivity index (χ2n) is 9.47. The minimum absolute atomic E-state index is 0.0255. The topological polar surface area (TPSA) is 66.9 Å². The maximum atomic E-state index is 13.2. The number of Topliss-reactive ketones (excluding diaryl/α,β-unsaturated/α-hetero) is 1. The number of carbonyl (C=O) groups is 3. The number of benzene rings is 2. The molecule has 172 valence electrons. The molecule has 1 unspecified atom stereocenters. The highest BCUT2D eigenvalue weighted by Gasteiger charge is 2.45. The van der Waals surface area contributed by atoms with Crippen molar-refractivity contribution in [3.63, 3.8) is 0 Å². The molecule has 0 aromatic heterocycles. The van der Waals surface area contributed by atoms with E-state index in [2.05, 4.69) is 0 Å². The Hall–Kier alpha value is -2.86. The van der Waals surface area contributed by atoms with Gasteiger partial charge in [0, 0.05) is 50.5 Å². The van der Waals surface area contributed by atoms with Gasteiger partial charge in [0.05, 0.1) is 17.9 Å². The lowest BCUT2D eigenvalue weighted by Gasteiger charge is -2.44. The van der Waals surface area contributed by atoms with Gasteiger partial charge in [0.25, 0.3) is 0 Å². The van der Waals surface area contributed by atoms with Crippen LogP contribution in [-0.2, 0) is 16.1 Å². The molecule has 6 nitrogen and oxygen atoms in total. The predicted octanol–water partition coefficient (Wildman–Crippen LogP) is 4.02. The summed E-state index contributed by atoms with van der Waals surface area (Å²) in [5, 5.41) is 0.564. The van der Waals surface area contributed by atoms with Crippen LogP contribution in [0.4, 0.5) is 0 Å². The fraction of sp³-hybridized carbons (Fsp3) is 0.423. The Balaban J connectivity index is 1.21. The molecule has 2 aromatic carbocycles. The van der Waals surface area contributed by atoms with Gasteiger partial charge in [-0.05, 0) is 30.2 Å². The minimum atomic E-state index is -0.577. The van der Waals surface area contributed by atoms with E-state index in [0.29, 0.717) is 61.8 Å². The lowest BCUT2D eigenvalue weighted by Crippen LogP contribution is -2.53. The highest BCUT2D eigenvalue weighted by Crippen LogP contribution is 2.41. The summed E-state index contributed by atoms with van der Waals surface area (Å²) in [7, 11) is 0. The second kappa shape index (κ2) is 8.49. The SMILES string of the molecule is Cc1cc2c(cc1Cl)C(=O)CC1(CCN(C(=O)C3CC(=O)N(Cc4ccccc4)C3)CC1)O2. The molecule has 1 atom stereocenters. The number of nitrogens with zero attached hydrogens (tertiary/aromatic N) is 2. The molecule has 2 aromatic rings. The van der Waals surface area contributed by atoms with Crippen LogP contribution in [0.5, 0.6) is 5.75 Å². The largest absolute Gasteiger partial charge is 0.486 e. The van der Waals surface area contributed by atoms with Crippen molar-refractivity contribution < 1.29 is 19.1 Å². The van der Waals surface area contributed by atoms with Crippen molar-refractivity contribution in [2.75, 3.05) is 19.6 Å². The van der Waals surface area contributed by atoms with Gasteiger partial charge >= 0.3 is 0 Å². The number of ketones is 1. The lowest BCUT2D eigenvalue weighted by molar-refractivity contribution is -0.139. The van der Waals surface area contributed by atoms with Crippen LogP contribution >= 0.6 is 11.6 Å². The van der Waals surface area contributed by atoms with E-state index in [1.807, 2.05) is 48.2 Å². The molecule has 33 heavy (non-hydrogen) atoms. The van der Waals surface area contributed by atoms with Crippen LogP contribution in [0.25, 0.3) is 0 Å². The molecule has 2 saturated heterocycles. The van der Waals surface area contributed by atoms with Gasteiger partial charge in [0.15, 0.2) is 5.78 Å². The summed E-state index contributed by atoms with van der Waals surface area (Å²) in [5.74, 6) is 0.368. The van der Waals surface area contributed by atoms with E-state index in [9.17, 15) is 14.4 Å². The Morgan fingerprint density at radius 2 is 1.88 bits per heavy atom. The Morgan fingerprint density at radius 1 is 1.15 bits per heavy atom. The van der Waals surface area contributed by atoms with Crippen LogP contribution in [-0.4, -0.2) is 52.6 Å². The number of hydrogen-bond donors (Lipinski definition) is 0. The summed E-state index contributed by atoms with van der Waals surface area (Å²) in [6.07, 6.45) is 1.75. The second-order valence-corrected chi connectivity index (χ2v) is 9.88. The van der Waals surface area contributed by atoms with Crippen molar-refractivity contribution in [2.45, 2.75) is 44.8 Å². The number of fused-ring (bicyclic) bond motifs is 1. The third-order valence-electron chi connectivity index (χ3n) is 7.14. The van der Waals surface area contributed by atoms with Crippen molar-refractivity contribution in [2.24, 2.45) is 5.92 Å². The van der Waals surface area contributed by atoms with Crippen LogP contribution in [0.1, 0.15) is 47.2 Å². The quantitative estimate of drug-likeness (QED) is 0.685. The Kier molecular flexibility index (Phi) is 5.65. The van der Waals surface area contributed by atoms with Gasteiger partial charge in [0.2, 0.25) is 11.8 Å². The van der Waals surface area contributed by atoms with Crippen LogP contribution < -0.4 is 4.74 Å². The average Bonchev–Trinajstić information content (AvgIpc) is 3.16. The molecule has 0 N–H and O–H groups in total. The summed E-state index contributed by atoms with van der Waals surface area (Å²) < 4.78 is 6.34. The molecular weight excluding hydrogens is 440 g/mol. The maximum absolute atomic E-state index is 13.2. The molecule has 5 rings (SSSR count). The molecule has 3 heterocycles. The number of aryl methyl sites for hydroxylation is 1. The number of amides is 2. The van der Waals surface area contributed by atoms with E-state index in [0.717, 1.165) is 11.1 Å². The molecular formula is C26H27ClN2O4. The predicted molar refractivity (Wildman–Crippen MR) is 124 cm³/mol. The van der Waals surface area contributed by atoms with E-state index in [-0.39, 0.29) is 29.9 Å². The van der Waals surface area contributed by atoms with Crippen LogP contribution in [0.15, 0.2) is 42.5 Å². The summed E-state index contributed by atoms with van der Waals surface area (Å²) in [5.41, 5.74) is 1.90. The molecule has 0 saturated carbocycles. The van der Waals surface area contributed by atoms with E-state index < -0.39 is 5.60 Å². The number of hydrogen-bond acceptors (Lipinski definition) is 4. The van der Waals surface area contributed by atoms with Crippen molar-refractivity contribution >= 4 is 29.2 Å². The average molecular weight is 467 g/mol. The fourth-order valence-electron chi connectivity index (χ4n) is 5.18. The number of halogens is 1. The highest BCUT2D eigenvalue weighted by atomic mass is 35.5. The van der Waals surface area contributed by atoms with Gasteiger partial charge in [-0.1, -0.05) is 41.9 Å². The zero-order chi connectivity index (χ0) is 23.2. The first-order chi connectivity index (χ1) is 15.8. The molecule has 0 aliphatic carbocycles. The summed E-state index contributed by atoms with van der Waals surface area (Å²) in [6, 6.07) is 13.4. The molecule has 2 amide bonds. The van der Waals surface area contributed by atoms with Gasteiger partial charge in [-0.2, -0.15) is 0 Å². The zero-order valence-electron chi connectivity index (χ0n) is 18.7. The number of rotatable bonds is 3. The van der Waals surface area contributed by atoms with Gasteiger partial charge < -0.3 is 14.5 Å². The van der Waals surface area contributed by atoms with Gasteiger partial charge in [0.1, 0.15) is 11.4 Å². The van der Waals surface area contributed by atoms with E-state index >= 15 is 0 Å². The summed E-state index contributed by atoms with van der Waals surface area (Å²) in [4.78, 5) is 42.1. The first-order valence-electron chi connectivity index (χ1n) is 11.5. The Morgan fingerprint density at radius 3 is 2.61 bits per heavy atom. The standard InChI is InChI=1S/C26H27ClN2O4/c1-17-11-23-20(13-21(17)27)22(30)14-26(33-23)7-9-28(10-8-26)25(32)19-12-24(31)29(16-19)15-18-5-3-2-4-6-18/h2-6,11,13,19H,7-10,12,14-16H2,1H3. The fourth-order valence-corrected chi connectivity index (χ4v) is 5.34.